The fraction of sp³-hybridized carbons (Fsp3) is 0.636. The summed E-state index contributed by atoms with van der Waals surface area (Å²) in [5.41, 5.74) is 1.48. The van der Waals surface area contributed by atoms with Crippen LogP contribution in [0.3, 0.4) is 0 Å². The van der Waals surface area contributed by atoms with E-state index in [1.54, 1.807) is 0 Å². The van der Waals surface area contributed by atoms with Crippen molar-refractivity contribution in [2.45, 2.75) is 32.6 Å². The van der Waals surface area contributed by atoms with Crippen LogP contribution in [0.5, 0.6) is 0 Å². The van der Waals surface area contributed by atoms with Gasteiger partial charge in [-0.15, -0.1) is 0 Å². The Balaban J connectivity index is 2.20. The summed E-state index contributed by atoms with van der Waals surface area (Å²) in [7, 11) is 0. The first-order chi connectivity index (χ1) is 5.77. The minimum Gasteiger partial charge on any atom is -0.508 e. The summed E-state index contributed by atoms with van der Waals surface area (Å²) in [5.74, 6) is 2.03. The van der Waals surface area contributed by atoms with E-state index in [9.17, 15) is 5.11 Å². The maximum Gasteiger partial charge on any atom is 0.111 e. The summed E-state index contributed by atoms with van der Waals surface area (Å²) >= 11 is 0. The van der Waals surface area contributed by atoms with Gasteiger partial charge in [0.2, 0.25) is 0 Å². The molecule has 1 heteroatoms. The molecule has 2 unspecified atom stereocenters. The molecule has 1 N–H and O–H groups in total. The number of allylic oxidation sites excluding steroid dienone is 3. The second kappa shape index (κ2) is 2.96. The van der Waals surface area contributed by atoms with E-state index in [0.29, 0.717) is 5.76 Å². The van der Waals surface area contributed by atoms with E-state index in [2.05, 4.69) is 6.92 Å². The van der Waals surface area contributed by atoms with Gasteiger partial charge < -0.3 is 5.11 Å². The molecule has 2 aliphatic carbocycles. The molecule has 0 saturated heterocycles. The number of hydrogen-bond acceptors (Lipinski definition) is 1. The standard InChI is InChI=1S/C11H16O/c1-8-3-2-4-9-7-10(12)5-6-11(8)9/h5,7-8,11-12H,2-4,6H2,1H3. The van der Waals surface area contributed by atoms with Crippen molar-refractivity contribution in [1.82, 2.24) is 0 Å². The SMILES string of the molecule is CC1CCCC2=CC(O)=CCC21. The van der Waals surface area contributed by atoms with Gasteiger partial charge in [-0.05, 0) is 49.7 Å². The van der Waals surface area contributed by atoms with Crippen LogP contribution in [0.15, 0.2) is 23.5 Å². The van der Waals surface area contributed by atoms with E-state index in [1.807, 2.05) is 12.2 Å². The minimum absolute atomic E-state index is 0.482. The maximum atomic E-state index is 9.32. The first-order valence-corrected chi connectivity index (χ1v) is 4.87. The van der Waals surface area contributed by atoms with Crippen LogP contribution in [0.1, 0.15) is 32.6 Å². The van der Waals surface area contributed by atoms with Crippen molar-refractivity contribution < 1.29 is 5.11 Å². The van der Waals surface area contributed by atoms with E-state index < -0.39 is 0 Å². The lowest BCUT2D eigenvalue weighted by atomic mass is 9.73. The van der Waals surface area contributed by atoms with Crippen molar-refractivity contribution in [3.05, 3.63) is 23.5 Å². The normalized spacial score (nSPS) is 35.1. The zero-order valence-electron chi connectivity index (χ0n) is 7.59. The second-order valence-corrected chi connectivity index (χ2v) is 4.06. The van der Waals surface area contributed by atoms with E-state index >= 15 is 0 Å². The number of fused-ring (bicyclic) bond motifs is 1. The van der Waals surface area contributed by atoms with Crippen LogP contribution in [-0.2, 0) is 0 Å². The molecule has 0 spiro atoms. The lowest BCUT2D eigenvalue weighted by molar-refractivity contribution is 0.315. The Labute approximate surface area is 73.8 Å². The van der Waals surface area contributed by atoms with Crippen molar-refractivity contribution in [2.75, 3.05) is 0 Å². The number of aliphatic hydroxyl groups excluding tert-OH is 1. The van der Waals surface area contributed by atoms with E-state index in [0.717, 1.165) is 18.3 Å². The van der Waals surface area contributed by atoms with Gasteiger partial charge in [-0.2, -0.15) is 0 Å². The quantitative estimate of drug-likeness (QED) is 0.583. The van der Waals surface area contributed by atoms with Crippen molar-refractivity contribution in [1.29, 1.82) is 0 Å². The van der Waals surface area contributed by atoms with Gasteiger partial charge in [0.1, 0.15) is 5.76 Å². The lowest BCUT2D eigenvalue weighted by Crippen LogP contribution is -2.20. The molecule has 0 bridgehead atoms. The summed E-state index contributed by atoms with van der Waals surface area (Å²) in [5, 5.41) is 9.32. The molecule has 0 heterocycles. The van der Waals surface area contributed by atoms with Gasteiger partial charge in [0.25, 0.3) is 0 Å². The highest BCUT2D eigenvalue weighted by atomic mass is 16.3. The van der Waals surface area contributed by atoms with Crippen LogP contribution >= 0.6 is 0 Å². The highest BCUT2D eigenvalue weighted by Gasteiger charge is 2.26. The summed E-state index contributed by atoms with van der Waals surface area (Å²) in [4.78, 5) is 0. The van der Waals surface area contributed by atoms with Gasteiger partial charge in [-0.3, -0.25) is 0 Å². The van der Waals surface area contributed by atoms with Gasteiger partial charge in [-0.1, -0.05) is 12.5 Å². The molecule has 0 aliphatic heterocycles. The lowest BCUT2D eigenvalue weighted by Gasteiger charge is -2.32. The fourth-order valence-corrected chi connectivity index (χ4v) is 2.44. The molecule has 0 aromatic heterocycles. The molecule has 2 rings (SSSR count). The van der Waals surface area contributed by atoms with Crippen LogP contribution in [0.25, 0.3) is 0 Å². The Hall–Kier alpha value is -0.720. The molecule has 2 aliphatic rings. The van der Waals surface area contributed by atoms with E-state index in [4.69, 9.17) is 0 Å². The van der Waals surface area contributed by atoms with E-state index in [-0.39, 0.29) is 0 Å². The first-order valence-electron chi connectivity index (χ1n) is 4.87. The summed E-state index contributed by atoms with van der Waals surface area (Å²) in [6.45, 7) is 2.33. The Morgan fingerprint density at radius 1 is 1.50 bits per heavy atom. The summed E-state index contributed by atoms with van der Waals surface area (Å²) in [6.07, 6.45) is 8.85. The van der Waals surface area contributed by atoms with Crippen molar-refractivity contribution in [3.8, 4) is 0 Å². The predicted molar refractivity (Wildman–Crippen MR) is 49.9 cm³/mol. The second-order valence-electron chi connectivity index (χ2n) is 4.06. The van der Waals surface area contributed by atoms with Gasteiger partial charge in [-0.25, -0.2) is 0 Å². The maximum absolute atomic E-state index is 9.32. The molecule has 0 radical (unpaired) electrons. The third-order valence-corrected chi connectivity index (χ3v) is 3.20. The molecule has 12 heavy (non-hydrogen) atoms. The molecule has 66 valence electrons. The fourth-order valence-electron chi connectivity index (χ4n) is 2.44. The van der Waals surface area contributed by atoms with Crippen LogP contribution in [0.4, 0.5) is 0 Å². The zero-order valence-corrected chi connectivity index (χ0v) is 7.59. The number of hydrogen-bond donors (Lipinski definition) is 1. The Bertz CT molecular complexity index is 237. The molecule has 1 fully saturated rings. The average Bonchev–Trinajstić information content (AvgIpc) is 2.04. The monoisotopic (exact) mass is 164 g/mol. The van der Waals surface area contributed by atoms with Gasteiger partial charge in [0.15, 0.2) is 0 Å². The average molecular weight is 164 g/mol. The minimum atomic E-state index is 0.482. The summed E-state index contributed by atoms with van der Waals surface area (Å²) < 4.78 is 0. The Morgan fingerprint density at radius 2 is 2.33 bits per heavy atom. The third-order valence-electron chi connectivity index (χ3n) is 3.20. The highest BCUT2D eigenvalue weighted by Crippen LogP contribution is 2.39. The predicted octanol–water partition coefficient (Wildman–Crippen LogP) is 3.19. The van der Waals surface area contributed by atoms with Gasteiger partial charge in [0, 0.05) is 0 Å². The highest BCUT2D eigenvalue weighted by molar-refractivity contribution is 5.26. The number of aliphatic hydroxyl groups is 1. The Kier molecular flexibility index (Phi) is 1.95. The van der Waals surface area contributed by atoms with Crippen LogP contribution in [0.2, 0.25) is 0 Å². The molecule has 1 saturated carbocycles. The Morgan fingerprint density at radius 3 is 3.17 bits per heavy atom. The topological polar surface area (TPSA) is 20.2 Å². The van der Waals surface area contributed by atoms with E-state index in [1.165, 1.54) is 24.8 Å². The van der Waals surface area contributed by atoms with Crippen molar-refractivity contribution in [2.24, 2.45) is 11.8 Å². The van der Waals surface area contributed by atoms with Crippen molar-refractivity contribution in [3.63, 3.8) is 0 Å². The first kappa shape index (κ1) is 7.90. The smallest absolute Gasteiger partial charge is 0.111 e. The van der Waals surface area contributed by atoms with Crippen molar-refractivity contribution >= 4 is 0 Å². The molecule has 0 aromatic carbocycles. The van der Waals surface area contributed by atoms with Crippen LogP contribution in [-0.4, -0.2) is 5.11 Å². The molecule has 0 aromatic rings. The summed E-state index contributed by atoms with van der Waals surface area (Å²) in [6, 6.07) is 0. The molecular formula is C11H16O. The molecule has 2 atom stereocenters. The largest absolute Gasteiger partial charge is 0.508 e. The molecule has 1 nitrogen and oxygen atoms in total. The number of rotatable bonds is 0. The van der Waals surface area contributed by atoms with Gasteiger partial charge >= 0.3 is 0 Å². The zero-order chi connectivity index (χ0) is 8.55. The van der Waals surface area contributed by atoms with Crippen LogP contribution < -0.4 is 0 Å². The molecule has 0 amide bonds. The third kappa shape index (κ3) is 1.28. The van der Waals surface area contributed by atoms with Gasteiger partial charge in [0.05, 0.1) is 0 Å². The van der Waals surface area contributed by atoms with Crippen LogP contribution in [0, 0.1) is 11.8 Å². The molecular weight excluding hydrogens is 148 g/mol.